The van der Waals surface area contributed by atoms with Crippen LogP contribution in [0.4, 0.5) is 5.69 Å². The minimum absolute atomic E-state index is 0.0711. The van der Waals surface area contributed by atoms with Gasteiger partial charge in [0.15, 0.2) is 0 Å². The molecule has 2 N–H and O–H groups in total. The Morgan fingerprint density at radius 3 is 2.92 bits per heavy atom. The second-order valence-electron chi connectivity index (χ2n) is 6.81. The molecule has 3 aromatic rings. The van der Waals surface area contributed by atoms with Gasteiger partial charge in [-0.2, -0.15) is 0 Å². The van der Waals surface area contributed by atoms with Gasteiger partial charge in [0.05, 0.1) is 23.0 Å². The van der Waals surface area contributed by atoms with Crippen molar-refractivity contribution in [3.8, 4) is 11.4 Å². The van der Waals surface area contributed by atoms with E-state index in [0.29, 0.717) is 11.3 Å². The van der Waals surface area contributed by atoms with Crippen molar-refractivity contribution in [2.75, 3.05) is 5.32 Å². The molecule has 0 atom stereocenters. The van der Waals surface area contributed by atoms with Crippen molar-refractivity contribution in [2.45, 2.75) is 32.7 Å². The summed E-state index contributed by atoms with van der Waals surface area (Å²) < 4.78 is 2.13. The van der Waals surface area contributed by atoms with Gasteiger partial charge in [0.25, 0.3) is 5.91 Å². The highest BCUT2D eigenvalue weighted by Crippen LogP contribution is 2.38. The van der Waals surface area contributed by atoms with E-state index >= 15 is 0 Å². The summed E-state index contributed by atoms with van der Waals surface area (Å²) in [6.07, 6.45) is 8.01. The molecule has 122 valence electrons. The standard InChI is InChI=1S/C18H19N5O/c1-11-4-5-12(9-20-11)22-17(24)13-10-21-14-8-18(2,3)23-7-6-19-16(23)15(13)14/h4-7,9-10,21H,8H2,1-3H3,(H,22,24). The molecular weight excluding hydrogens is 302 g/mol. The van der Waals surface area contributed by atoms with E-state index in [2.05, 4.69) is 38.7 Å². The first-order valence-corrected chi connectivity index (χ1v) is 7.94. The van der Waals surface area contributed by atoms with Crippen molar-refractivity contribution in [1.29, 1.82) is 0 Å². The van der Waals surface area contributed by atoms with Gasteiger partial charge in [-0.25, -0.2) is 4.98 Å². The van der Waals surface area contributed by atoms with Gasteiger partial charge in [-0.3, -0.25) is 9.78 Å². The Morgan fingerprint density at radius 1 is 1.33 bits per heavy atom. The van der Waals surface area contributed by atoms with Crippen LogP contribution in [0.25, 0.3) is 11.4 Å². The molecule has 0 bridgehead atoms. The summed E-state index contributed by atoms with van der Waals surface area (Å²) in [7, 11) is 0. The van der Waals surface area contributed by atoms with Crippen molar-refractivity contribution in [1.82, 2.24) is 19.5 Å². The van der Waals surface area contributed by atoms with Crippen LogP contribution in [-0.2, 0) is 12.0 Å². The van der Waals surface area contributed by atoms with Crippen LogP contribution < -0.4 is 5.32 Å². The molecule has 6 nitrogen and oxygen atoms in total. The molecule has 0 unspecified atom stereocenters. The molecule has 0 aromatic carbocycles. The van der Waals surface area contributed by atoms with Crippen molar-refractivity contribution < 1.29 is 4.79 Å². The van der Waals surface area contributed by atoms with Gasteiger partial charge in [0.1, 0.15) is 5.82 Å². The van der Waals surface area contributed by atoms with Crippen LogP contribution in [0.3, 0.4) is 0 Å². The lowest BCUT2D eigenvalue weighted by molar-refractivity contribution is 0.102. The second kappa shape index (κ2) is 5.06. The van der Waals surface area contributed by atoms with Crippen LogP contribution >= 0.6 is 0 Å². The maximum atomic E-state index is 12.7. The maximum absolute atomic E-state index is 12.7. The molecule has 0 saturated heterocycles. The SMILES string of the molecule is Cc1ccc(NC(=O)c2c[nH]c3c2-c2nccn2C(C)(C)C3)cn1. The van der Waals surface area contributed by atoms with E-state index < -0.39 is 0 Å². The van der Waals surface area contributed by atoms with Gasteiger partial charge in [-0.1, -0.05) is 0 Å². The van der Waals surface area contributed by atoms with Crippen LogP contribution in [-0.4, -0.2) is 25.4 Å². The molecule has 1 amide bonds. The fourth-order valence-electron chi connectivity index (χ4n) is 3.27. The van der Waals surface area contributed by atoms with Crippen molar-refractivity contribution >= 4 is 11.6 Å². The van der Waals surface area contributed by atoms with E-state index in [-0.39, 0.29) is 11.4 Å². The Labute approximate surface area is 140 Å². The van der Waals surface area contributed by atoms with Crippen LogP contribution in [0.1, 0.15) is 35.6 Å². The predicted molar refractivity (Wildman–Crippen MR) is 92.0 cm³/mol. The van der Waals surface area contributed by atoms with Crippen LogP contribution in [0.15, 0.2) is 36.9 Å². The number of carbonyl (C=O) groups is 1. The lowest BCUT2D eigenvalue weighted by Gasteiger charge is -2.32. The highest BCUT2D eigenvalue weighted by atomic mass is 16.1. The summed E-state index contributed by atoms with van der Waals surface area (Å²) in [6, 6.07) is 3.72. The minimum Gasteiger partial charge on any atom is -0.364 e. The zero-order chi connectivity index (χ0) is 16.9. The highest BCUT2D eigenvalue weighted by Gasteiger charge is 2.34. The van der Waals surface area contributed by atoms with E-state index in [9.17, 15) is 4.79 Å². The number of H-pyrrole nitrogens is 1. The monoisotopic (exact) mass is 321 g/mol. The zero-order valence-corrected chi connectivity index (χ0v) is 13.9. The number of pyridine rings is 1. The summed E-state index contributed by atoms with van der Waals surface area (Å²) in [4.78, 5) is 24.7. The number of nitrogens with zero attached hydrogens (tertiary/aromatic N) is 3. The van der Waals surface area contributed by atoms with Gasteiger partial charge in [-0.15, -0.1) is 0 Å². The minimum atomic E-state index is -0.160. The zero-order valence-electron chi connectivity index (χ0n) is 13.9. The molecule has 1 aliphatic rings. The quantitative estimate of drug-likeness (QED) is 0.761. The lowest BCUT2D eigenvalue weighted by atomic mass is 9.90. The first-order chi connectivity index (χ1) is 11.5. The number of hydrogen-bond acceptors (Lipinski definition) is 3. The number of amides is 1. The third-order valence-electron chi connectivity index (χ3n) is 4.50. The van der Waals surface area contributed by atoms with Crippen molar-refractivity contribution in [3.05, 3.63) is 53.9 Å². The van der Waals surface area contributed by atoms with E-state index in [0.717, 1.165) is 29.2 Å². The van der Waals surface area contributed by atoms with E-state index in [1.165, 1.54) is 0 Å². The number of fused-ring (bicyclic) bond motifs is 3. The molecule has 0 radical (unpaired) electrons. The number of imidazole rings is 1. The number of aryl methyl sites for hydroxylation is 1. The highest BCUT2D eigenvalue weighted by molar-refractivity contribution is 6.08. The van der Waals surface area contributed by atoms with Gasteiger partial charge < -0.3 is 14.9 Å². The number of hydrogen-bond donors (Lipinski definition) is 2. The molecule has 4 heterocycles. The van der Waals surface area contributed by atoms with Crippen LogP contribution in [0.2, 0.25) is 0 Å². The Morgan fingerprint density at radius 2 is 2.17 bits per heavy atom. The van der Waals surface area contributed by atoms with Gasteiger partial charge in [-0.05, 0) is 32.9 Å². The third kappa shape index (κ3) is 2.22. The van der Waals surface area contributed by atoms with Gasteiger partial charge in [0.2, 0.25) is 0 Å². The number of carbonyl (C=O) groups excluding carboxylic acids is 1. The fraction of sp³-hybridized carbons (Fsp3) is 0.278. The fourth-order valence-corrected chi connectivity index (χ4v) is 3.27. The Bertz CT molecular complexity index is 917. The summed E-state index contributed by atoms with van der Waals surface area (Å²) >= 11 is 0. The van der Waals surface area contributed by atoms with E-state index in [4.69, 9.17) is 0 Å². The predicted octanol–water partition coefficient (Wildman–Crippen LogP) is 3.13. The normalized spacial score (nSPS) is 14.8. The Hall–Kier alpha value is -2.89. The van der Waals surface area contributed by atoms with Crippen LogP contribution in [0.5, 0.6) is 0 Å². The molecular formula is C18H19N5O. The largest absolute Gasteiger partial charge is 0.364 e. The van der Waals surface area contributed by atoms with Crippen molar-refractivity contribution in [3.63, 3.8) is 0 Å². The van der Waals surface area contributed by atoms with E-state index in [1.54, 1.807) is 18.6 Å². The molecule has 24 heavy (non-hydrogen) atoms. The molecule has 6 heteroatoms. The molecule has 0 aliphatic carbocycles. The van der Waals surface area contributed by atoms with Gasteiger partial charge in [0, 0.05) is 41.9 Å². The molecule has 4 rings (SSSR count). The summed E-state index contributed by atoms with van der Waals surface area (Å²) in [5.41, 5.74) is 4.06. The number of nitrogens with one attached hydrogen (secondary N) is 2. The maximum Gasteiger partial charge on any atom is 0.258 e. The first-order valence-electron chi connectivity index (χ1n) is 7.94. The number of aromatic amines is 1. The topological polar surface area (TPSA) is 75.6 Å². The number of rotatable bonds is 2. The molecule has 1 aliphatic heterocycles. The Kier molecular flexibility index (Phi) is 3.09. The smallest absolute Gasteiger partial charge is 0.258 e. The lowest BCUT2D eigenvalue weighted by Crippen LogP contribution is -2.33. The molecule has 0 saturated carbocycles. The first kappa shape index (κ1) is 14.7. The van der Waals surface area contributed by atoms with Crippen LogP contribution in [0, 0.1) is 6.92 Å². The summed E-state index contributed by atoms with van der Waals surface area (Å²) in [5, 5.41) is 2.91. The number of aromatic nitrogens is 4. The molecule has 0 spiro atoms. The van der Waals surface area contributed by atoms with Crippen molar-refractivity contribution in [2.24, 2.45) is 0 Å². The molecule has 3 aromatic heterocycles. The average molecular weight is 321 g/mol. The molecule has 0 fully saturated rings. The second-order valence-corrected chi connectivity index (χ2v) is 6.81. The third-order valence-corrected chi connectivity index (χ3v) is 4.50. The van der Waals surface area contributed by atoms with E-state index in [1.807, 2.05) is 25.3 Å². The van der Waals surface area contributed by atoms with Gasteiger partial charge >= 0.3 is 0 Å². The summed E-state index contributed by atoms with van der Waals surface area (Å²) in [5.74, 6) is 0.669. The average Bonchev–Trinajstić information content (AvgIpc) is 3.15. The number of anilines is 1. The Balaban J connectivity index is 1.72. The summed E-state index contributed by atoms with van der Waals surface area (Å²) in [6.45, 7) is 6.25.